The first-order valence-corrected chi connectivity index (χ1v) is 9.28. The summed E-state index contributed by atoms with van der Waals surface area (Å²) >= 11 is 0. The molecule has 0 aromatic carbocycles. The van der Waals surface area contributed by atoms with Crippen molar-refractivity contribution in [1.82, 2.24) is 0 Å². The number of ketones is 1. The number of fused-ring (bicyclic) bond motifs is 2. The van der Waals surface area contributed by atoms with Gasteiger partial charge in [-0.2, -0.15) is 0 Å². The van der Waals surface area contributed by atoms with Gasteiger partial charge in [0.25, 0.3) is 0 Å². The molecule has 0 aromatic heterocycles. The molecule has 2 saturated carbocycles. The first-order valence-electron chi connectivity index (χ1n) is 9.28. The predicted molar refractivity (Wildman–Crippen MR) is 89.5 cm³/mol. The quantitative estimate of drug-likeness (QED) is 0.706. The Morgan fingerprint density at radius 2 is 1.86 bits per heavy atom. The van der Waals surface area contributed by atoms with Crippen molar-refractivity contribution in [2.75, 3.05) is 0 Å². The topological polar surface area (TPSA) is 37.3 Å². The Balaban J connectivity index is 1.87. The van der Waals surface area contributed by atoms with Crippen molar-refractivity contribution in [1.29, 1.82) is 0 Å². The van der Waals surface area contributed by atoms with Crippen molar-refractivity contribution in [2.24, 2.45) is 22.7 Å². The Kier molecular flexibility index (Phi) is 4.26. The first kappa shape index (κ1) is 16.2. The fourth-order valence-electron chi connectivity index (χ4n) is 5.42. The Labute approximate surface area is 135 Å². The van der Waals surface area contributed by atoms with Gasteiger partial charge < -0.3 is 5.11 Å². The number of hydrogen-bond donors (Lipinski definition) is 1. The van der Waals surface area contributed by atoms with Crippen LogP contribution in [-0.4, -0.2) is 17.0 Å². The SMILES string of the molecule is CC1CCC2(C)C(O)CCC2CCCC2=CC(=O)CCC21C. The molecule has 0 amide bonds. The van der Waals surface area contributed by atoms with Gasteiger partial charge in [-0.25, -0.2) is 0 Å². The van der Waals surface area contributed by atoms with Crippen molar-refractivity contribution in [2.45, 2.75) is 84.7 Å². The molecule has 2 fully saturated rings. The number of carbonyl (C=O) groups excluding carboxylic acids is 1. The summed E-state index contributed by atoms with van der Waals surface area (Å²) in [7, 11) is 0. The maximum Gasteiger partial charge on any atom is 0.155 e. The first-order chi connectivity index (χ1) is 10.4. The lowest BCUT2D eigenvalue weighted by molar-refractivity contribution is -0.116. The molecular formula is C20H32O2. The van der Waals surface area contributed by atoms with Gasteiger partial charge >= 0.3 is 0 Å². The zero-order chi connectivity index (χ0) is 16.0. The maximum absolute atomic E-state index is 11.9. The number of aliphatic hydroxyl groups is 1. The zero-order valence-electron chi connectivity index (χ0n) is 14.5. The van der Waals surface area contributed by atoms with Gasteiger partial charge in [0, 0.05) is 6.42 Å². The van der Waals surface area contributed by atoms with E-state index in [0.717, 1.165) is 25.7 Å². The lowest BCUT2D eigenvalue weighted by Gasteiger charge is -2.44. The molecule has 1 N–H and O–H groups in total. The Hall–Kier alpha value is -0.630. The van der Waals surface area contributed by atoms with Crippen LogP contribution >= 0.6 is 0 Å². The molecule has 0 saturated heterocycles. The minimum atomic E-state index is -0.111. The Morgan fingerprint density at radius 1 is 1.09 bits per heavy atom. The van der Waals surface area contributed by atoms with Crippen LogP contribution in [0.25, 0.3) is 0 Å². The minimum absolute atomic E-state index is 0.111. The summed E-state index contributed by atoms with van der Waals surface area (Å²) in [5.41, 5.74) is 1.73. The third kappa shape index (κ3) is 2.58. The second-order valence-electron chi connectivity index (χ2n) is 8.68. The van der Waals surface area contributed by atoms with Gasteiger partial charge in [-0.15, -0.1) is 0 Å². The van der Waals surface area contributed by atoms with Gasteiger partial charge in [0.2, 0.25) is 0 Å². The Bertz CT molecular complexity index is 480. The molecule has 2 heteroatoms. The highest BCUT2D eigenvalue weighted by Crippen LogP contribution is 2.54. The number of aliphatic hydroxyl groups excluding tert-OH is 1. The van der Waals surface area contributed by atoms with Gasteiger partial charge in [0.15, 0.2) is 5.78 Å². The van der Waals surface area contributed by atoms with Crippen LogP contribution in [0, 0.1) is 22.7 Å². The number of rotatable bonds is 0. The average molecular weight is 304 g/mol. The van der Waals surface area contributed by atoms with Crippen LogP contribution in [0.15, 0.2) is 11.6 Å². The second kappa shape index (κ2) is 5.78. The highest BCUT2D eigenvalue weighted by molar-refractivity contribution is 5.91. The zero-order valence-corrected chi connectivity index (χ0v) is 14.5. The van der Waals surface area contributed by atoms with E-state index in [1.54, 1.807) is 0 Å². The molecule has 124 valence electrons. The standard InChI is InChI=1S/C20H32O2/c1-14-9-11-20(3)15(7-8-18(20)22)5-4-6-16-13-17(21)10-12-19(14,16)2/h13-15,18,22H,4-12H2,1-3H3. The largest absolute Gasteiger partial charge is 0.393 e. The van der Waals surface area contributed by atoms with E-state index >= 15 is 0 Å². The molecule has 3 aliphatic rings. The monoisotopic (exact) mass is 304 g/mol. The molecule has 0 radical (unpaired) electrons. The van der Waals surface area contributed by atoms with Crippen LogP contribution < -0.4 is 0 Å². The fourth-order valence-corrected chi connectivity index (χ4v) is 5.42. The van der Waals surface area contributed by atoms with E-state index in [2.05, 4.69) is 20.8 Å². The van der Waals surface area contributed by atoms with Gasteiger partial charge in [-0.1, -0.05) is 26.3 Å². The molecule has 22 heavy (non-hydrogen) atoms. The summed E-state index contributed by atoms with van der Waals surface area (Å²) in [5, 5.41) is 10.5. The summed E-state index contributed by atoms with van der Waals surface area (Å²) in [6.45, 7) is 7.07. The van der Waals surface area contributed by atoms with Crippen molar-refractivity contribution in [3.63, 3.8) is 0 Å². The molecule has 0 heterocycles. The minimum Gasteiger partial charge on any atom is -0.393 e. The highest BCUT2D eigenvalue weighted by Gasteiger charge is 2.47. The molecule has 5 atom stereocenters. The summed E-state index contributed by atoms with van der Waals surface area (Å²) < 4.78 is 0. The van der Waals surface area contributed by atoms with Crippen molar-refractivity contribution < 1.29 is 9.90 Å². The summed E-state index contributed by atoms with van der Waals surface area (Å²) in [6.07, 6.45) is 11.5. The van der Waals surface area contributed by atoms with E-state index in [-0.39, 0.29) is 16.9 Å². The van der Waals surface area contributed by atoms with Crippen LogP contribution in [0.5, 0.6) is 0 Å². The van der Waals surface area contributed by atoms with Crippen LogP contribution in [0.4, 0.5) is 0 Å². The van der Waals surface area contributed by atoms with Crippen LogP contribution in [0.2, 0.25) is 0 Å². The third-order valence-electron chi connectivity index (χ3n) is 7.64. The van der Waals surface area contributed by atoms with E-state index < -0.39 is 0 Å². The number of carbonyl (C=O) groups is 1. The van der Waals surface area contributed by atoms with E-state index in [4.69, 9.17) is 0 Å². The lowest BCUT2D eigenvalue weighted by atomic mass is 9.60. The van der Waals surface area contributed by atoms with Gasteiger partial charge in [-0.05, 0) is 80.1 Å². The van der Waals surface area contributed by atoms with E-state index in [0.29, 0.717) is 24.0 Å². The molecule has 0 bridgehead atoms. The second-order valence-corrected chi connectivity index (χ2v) is 8.68. The maximum atomic E-state index is 11.9. The number of allylic oxidation sites excluding steroid dienone is 2. The highest BCUT2D eigenvalue weighted by atomic mass is 16.3. The van der Waals surface area contributed by atoms with Crippen LogP contribution in [0.3, 0.4) is 0 Å². The third-order valence-corrected chi connectivity index (χ3v) is 7.64. The molecule has 2 nitrogen and oxygen atoms in total. The molecule has 0 spiro atoms. The van der Waals surface area contributed by atoms with Gasteiger partial charge in [-0.3, -0.25) is 4.79 Å². The fraction of sp³-hybridized carbons (Fsp3) is 0.850. The van der Waals surface area contributed by atoms with Crippen molar-refractivity contribution in [3.8, 4) is 0 Å². The van der Waals surface area contributed by atoms with Crippen molar-refractivity contribution in [3.05, 3.63) is 11.6 Å². The van der Waals surface area contributed by atoms with E-state index in [1.807, 2.05) is 6.08 Å². The predicted octanol–water partition coefficient (Wildman–Crippen LogP) is 4.66. The van der Waals surface area contributed by atoms with Crippen LogP contribution in [0.1, 0.15) is 78.6 Å². The molecule has 5 unspecified atom stereocenters. The summed E-state index contributed by atoms with van der Waals surface area (Å²) in [4.78, 5) is 11.9. The lowest BCUT2D eigenvalue weighted by Crippen LogP contribution is -2.37. The molecule has 0 aliphatic heterocycles. The summed E-state index contributed by atoms with van der Waals surface area (Å²) in [6, 6.07) is 0. The molecule has 3 rings (SSSR count). The number of hydrogen-bond acceptors (Lipinski definition) is 2. The van der Waals surface area contributed by atoms with Crippen LogP contribution in [-0.2, 0) is 4.79 Å². The van der Waals surface area contributed by atoms with E-state index in [9.17, 15) is 9.90 Å². The molecular weight excluding hydrogens is 272 g/mol. The summed E-state index contributed by atoms with van der Waals surface area (Å²) in [5.74, 6) is 1.59. The van der Waals surface area contributed by atoms with Crippen molar-refractivity contribution >= 4 is 5.78 Å². The molecule has 0 aromatic rings. The normalized spacial score (nSPS) is 46.6. The molecule has 3 aliphatic carbocycles. The smallest absolute Gasteiger partial charge is 0.155 e. The van der Waals surface area contributed by atoms with Gasteiger partial charge in [0.1, 0.15) is 0 Å². The Morgan fingerprint density at radius 3 is 2.64 bits per heavy atom. The van der Waals surface area contributed by atoms with Gasteiger partial charge in [0.05, 0.1) is 6.10 Å². The van der Waals surface area contributed by atoms with E-state index in [1.165, 1.54) is 31.3 Å². The average Bonchev–Trinajstić information content (AvgIpc) is 2.76.